The molecular formula is C20H16F3N5O2S. The Bertz CT molecular complexity index is 1200. The lowest BCUT2D eigenvalue weighted by atomic mass is 10.1. The van der Waals surface area contributed by atoms with Gasteiger partial charge in [-0.2, -0.15) is 13.2 Å². The summed E-state index contributed by atoms with van der Waals surface area (Å²) in [5.74, 6) is 0.740. The summed E-state index contributed by atoms with van der Waals surface area (Å²) in [6.07, 6.45) is -0.361. The van der Waals surface area contributed by atoms with E-state index in [0.29, 0.717) is 30.0 Å². The molecule has 0 fully saturated rings. The van der Waals surface area contributed by atoms with Crippen molar-refractivity contribution in [3.8, 4) is 17.2 Å². The molecule has 7 nitrogen and oxygen atoms in total. The monoisotopic (exact) mass is 447 g/mol. The van der Waals surface area contributed by atoms with Crippen LogP contribution in [-0.4, -0.2) is 33.6 Å². The fourth-order valence-corrected chi connectivity index (χ4v) is 3.54. The number of hydrogen-bond acceptors (Lipinski definition) is 8. The summed E-state index contributed by atoms with van der Waals surface area (Å²) in [7, 11) is 1.43. The van der Waals surface area contributed by atoms with Crippen LogP contribution in [0.15, 0.2) is 48.5 Å². The minimum atomic E-state index is -4.55. The molecule has 0 saturated carbocycles. The van der Waals surface area contributed by atoms with E-state index in [9.17, 15) is 13.2 Å². The molecular weight excluding hydrogens is 431 g/mol. The van der Waals surface area contributed by atoms with Crippen LogP contribution in [0.25, 0.3) is 10.3 Å². The predicted octanol–water partition coefficient (Wildman–Crippen LogP) is 4.96. The zero-order chi connectivity index (χ0) is 21.8. The molecule has 31 heavy (non-hydrogen) atoms. The number of pyridine rings is 1. The molecule has 3 aromatic heterocycles. The van der Waals surface area contributed by atoms with Gasteiger partial charge in [-0.15, -0.1) is 11.3 Å². The first-order valence-electron chi connectivity index (χ1n) is 9.10. The lowest BCUT2D eigenvalue weighted by Gasteiger charge is -2.15. The first-order valence-corrected chi connectivity index (χ1v) is 9.97. The van der Waals surface area contributed by atoms with Crippen LogP contribution in [0.5, 0.6) is 17.2 Å². The number of nitrogens with zero attached hydrogens (tertiary/aromatic N) is 4. The number of benzene rings is 1. The van der Waals surface area contributed by atoms with Gasteiger partial charge in [0.2, 0.25) is 0 Å². The number of hydrogen-bond donors (Lipinski definition) is 1. The number of halogens is 3. The van der Waals surface area contributed by atoms with Crippen molar-refractivity contribution in [3.63, 3.8) is 0 Å². The molecule has 4 aromatic rings. The maximum Gasteiger partial charge on any atom is 0.420 e. The highest BCUT2D eigenvalue weighted by molar-refractivity contribution is 7.16. The second-order valence-electron chi connectivity index (χ2n) is 6.36. The fraction of sp³-hybridized carbons (Fsp3) is 0.200. The van der Waals surface area contributed by atoms with Crippen LogP contribution in [0.3, 0.4) is 0 Å². The average Bonchev–Trinajstić information content (AvgIpc) is 3.24. The number of alkyl halides is 3. The van der Waals surface area contributed by atoms with Crippen LogP contribution >= 0.6 is 11.3 Å². The highest BCUT2D eigenvalue weighted by atomic mass is 32.1. The lowest BCUT2D eigenvalue weighted by Crippen LogP contribution is -2.08. The van der Waals surface area contributed by atoms with Crippen molar-refractivity contribution in [1.29, 1.82) is 0 Å². The fourth-order valence-electron chi connectivity index (χ4n) is 2.91. The van der Waals surface area contributed by atoms with Crippen molar-refractivity contribution in [2.24, 2.45) is 0 Å². The summed E-state index contributed by atoms with van der Waals surface area (Å²) >= 11 is 1.43. The number of methoxy groups -OCH3 is 1. The minimum Gasteiger partial charge on any atom is -0.493 e. The average molecular weight is 447 g/mol. The Morgan fingerprint density at radius 3 is 2.74 bits per heavy atom. The maximum absolute atomic E-state index is 13.2. The van der Waals surface area contributed by atoms with E-state index in [1.54, 1.807) is 23.7 Å². The van der Waals surface area contributed by atoms with Crippen molar-refractivity contribution >= 4 is 27.5 Å². The number of thiazole rings is 1. The van der Waals surface area contributed by atoms with Crippen molar-refractivity contribution in [2.45, 2.75) is 12.6 Å². The third-order valence-electron chi connectivity index (χ3n) is 4.38. The Morgan fingerprint density at radius 2 is 1.94 bits per heavy atom. The van der Waals surface area contributed by atoms with Gasteiger partial charge in [0.05, 0.1) is 18.8 Å². The number of nitrogens with one attached hydrogen (secondary N) is 1. The van der Waals surface area contributed by atoms with Crippen LogP contribution in [0.4, 0.5) is 19.0 Å². The van der Waals surface area contributed by atoms with Gasteiger partial charge in [0.25, 0.3) is 0 Å². The van der Waals surface area contributed by atoms with Gasteiger partial charge in [-0.05, 0) is 30.2 Å². The van der Waals surface area contributed by atoms with Crippen molar-refractivity contribution in [3.05, 3.63) is 59.6 Å². The van der Waals surface area contributed by atoms with Gasteiger partial charge in [-0.1, -0.05) is 6.07 Å². The van der Waals surface area contributed by atoms with E-state index in [-0.39, 0.29) is 5.75 Å². The minimum absolute atomic E-state index is 0.165. The lowest BCUT2D eigenvalue weighted by molar-refractivity contribution is -0.138. The number of rotatable bonds is 7. The smallest absolute Gasteiger partial charge is 0.420 e. The molecule has 160 valence electrons. The predicted molar refractivity (Wildman–Crippen MR) is 110 cm³/mol. The molecule has 0 radical (unpaired) electrons. The Labute approximate surface area is 178 Å². The van der Waals surface area contributed by atoms with E-state index >= 15 is 0 Å². The molecule has 1 N–H and O–H groups in total. The molecule has 4 rings (SSSR count). The highest BCUT2D eigenvalue weighted by Crippen LogP contribution is 2.39. The van der Waals surface area contributed by atoms with Gasteiger partial charge in [0.15, 0.2) is 23.1 Å². The molecule has 0 bridgehead atoms. The van der Waals surface area contributed by atoms with Crippen LogP contribution in [0.2, 0.25) is 0 Å². The summed E-state index contributed by atoms with van der Waals surface area (Å²) in [6.45, 7) is 0.563. The Kier molecular flexibility index (Phi) is 5.85. The zero-order valence-electron chi connectivity index (χ0n) is 16.2. The number of ether oxygens (including phenoxy) is 2. The van der Waals surface area contributed by atoms with Crippen molar-refractivity contribution < 1.29 is 22.6 Å². The standard InChI is InChI=1S/C20H16F3N5O2S/c1-29-15-8-12(4-7-25-18-17-19(27-10-26-18)31-11-28-17)2-3-14(15)30-16-9-24-6-5-13(16)20(21,22)23/h2-3,5-6,8-11H,4,7H2,1H3,(H,25,26,27). The number of aromatic nitrogens is 4. The summed E-state index contributed by atoms with van der Waals surface area (Å²) in [6, 6.07) is 5.93. The van der Waals surface area contributed by atoms with Gasteiger partial charge >= 0.3 is 6.18 Å². The molecule has 0 aliphatic rings. The van der Waals surface area contributed by atoms with Gasteiger partial charge < -0.3 is 14.8 Å². The number of anilines is 1. The summed E-state index contributed by atoms with van der Waals surface area (Å²) in [5.41, 5.74) is 2.42. The SMILES string of the molecule is COc1cc(CCNc2ncnc3scnc23)ccc1Oc1cnccc1C(F)(F)F. The third-order valence-corrected chi connectivity index (χ3v) is 5.11. The first kappa shape index (κ1) is 20.8. The summed E-state index contributed by atoms with van der Waals surface area (Å²) in [5, 5.41) is 3.23. The van der Waals surface area contributed by atoms with Crippen LogP contribution in [0.1, 0.15) is 11.1 Å². The van der Waals surface area contributed by atoms with Gasteiger partial charge in [0.1, 0.15) is 22.2 Å². The Balaban J connectivity index is 1.47. The largest absolute Gasteiger partial charge is 0.493 e. The molecule has 1 aromatic carbocycles. The van der Waals surface area contributed by atoms with E-state index in [1.807, 2.05) is 0 Å². The van der Waals surface area contributed by atoms with Gasteiger partial charge in [-0.25, -0.2) is 15.0 Å². The molecule has 0 saturated heterocycles. The third kappa shape index (κ3) is 4.66. The molecule has 0 spiro atoms. The normalized spacial score (nSPS) is 11.5. The Morgan fingerprint density at radius 1 is 1.06 bits per heavy atom. The summed E-state index contributed by atoms with van der Waals surface area (Å²) < 4.78 is 50.4. The topological polar surface area (TPSA) is 82.0 Å². The zero-order valence-corrected chi connectivity index (χ0v) is 17.0. The van der Waals surface area contributed by atoms with E-state index in [2.05, 4.69) is 25.3 Å². The van der Waals surface area contributed by atoms with E-state index < -0.39 is 17.5 Å². The second kappa shape index (κ2) is 8.72. The van der Waals surface area contributed by atoms with Crippen molar-refractivity contribution in [1.82, 2.24) is 19.9 Å². The molecule has 0 amide bonds. The quantitative estimate of drug-likeness (QED) is 0.429. The van der Waals surface area contributed by atoms with Gasteiger partial charge in [0, 0.05) is 12.7 Å². The molecule has 11 heteroatoms. The molecule has 0 aliphatic heterocycles. The summed E-state index contributed by atoms with van der Waals surface area (Å²) in [4.78, 5) is 17.2. The maximum atomic E-state index is 13.2. The molecule has 0 unspecified atom stereocenters. The van der Waals surface area contributed by atoms with E-state index in [4.69, 9.17) is 9.47 Å². The van der Waals surface area contributed by atoms with Crippen molar-refractivity contribution in [2.75, 3.05) is 19.0 Å². The van der Waals surface area contributed by atoms with Crippen LogP contribution < -0.4 is 14.8 Å². The second-order valence-corrected chi connectivity index (χ2v) is 7.20. The molecule has 0 atom stereocenters. The highest BCUT2D eigenvalue weighted by Gasteiger charge is 2.34. The van der Waals surface area contributed by atoms with Crippen LogP contribution in [0, 0.1) is 0 Å². The molecule has 0 aliphatic carbocycles. The Hall–Kier alpha value is -3.47. The number of fused-ring (bicyclic) bond motifs is 1. The van der Waals surface area contributed by atoms with E-state index in [0.717, 1.165) is 28.9 Å². The molecule has 3 heterocycles. The van der Waals surface area contributed by atoms with Gasteiger partial charge in [-0.3, -0.25) is 4.98 Å². The van der Waals surface area contributed by atoms with E-state index in [1.165, 1.54) is 24.8 Å². The van der Waals surface area contributed by atoms with Crippen LogP contribution in [-0.2, 0) is 12.6 Å². The first-order chi connectivity index (χ1) is 15.0.